The highest BCUT2D eigenvalue weighted by molar-refractivity contribution is 7.98. The second-order valence-electron chi connectivity index (χ2n) is 7.80. The van der Waals surface area contributed by atoms with E-state index in [9.17, 15) is 34.2 Å². The van der Waals surface area contributed by atoms with Crippen molar-refractivity contribution in [3.05, 3.63) is 0 Å². The summed E-state index contributed by atoms with van der Waals surface area (Å²) in [6, 6.07) is -5.25. The minimum Gasteiger partial charge on any atom is -0.481 e. The fourth-order valence-electron chi connectivity index (χ4n) is 2.61. The van der Waals surface area contributed by atoms with Crippen molar-refractivity contribution < 1.29 is 39.3 Å². The van der Waals surface area contributed by atoms with E-state index in [-0.39, 0.29) is 18.8 Å². The largest absolute Gasteiger partial charge is 0.481 e. The standard InChI is InChI=1S/C19H34N4O8S/c1-9(2)7-12(23-18(29)15(20)10(3)24)16(27)22-13(8-14(25)26)17(28)21-11(19(30)31)5-6-32-4/h9-13,15,24H,5-8,20H2,1-4H3,(H,21,28)(H,22,27)(H,23,29)(H,25,26)(H,30,31). The SMILES string of the molecule is CSCCC(NC(=O)C(CC(=O)O)NC(=O)C(CC(C)C)NC(=O)C(N)C(C)O)C(=O)O. The third kappa shape index (κ3) is 11.3. The fourth-order valence-corrected chi connectivity index (χ4v) is 3.08. The fraction of sp³-hybridized carbons (Fsp3) is 0.737. The van der Waals surface area contributed by atoms with Crippen LogP contribution in [0.25, 0.3) is 0 Å². The number of hydrogen-bond acceptors (Lipinski definition) is 8. The predicted molar refractivity (Wildman–Crippen MR) is 118 cm³/mol. The highest BCUT2D eigenvalue weighted by atomic mass is 32.2. The number of nitrogens with two attached hydrogens (primary N) is 1. The number of amides is 3. The predicted octanol–water partition coefficient (Wildman–Crippen LogP) is -1.49. The molecule has 184 valence electrons. The van der Waals surface area contributed by atoms with Crippen molar-refractivity contribution in [3.63, 3.8) is 0 Å². The number of carboxylic acids is 2. The molecule has 0 fully saturated rings. The maximum atomic E-state index is 12.8. The molecule has 0 saturated carbocycles. The molecular weight excluding hydrogens is 444 g/mol. The summed E-state index contributed by atoms with van der Waals surface area (Å²) in [5.41, 5.74) is 5.58. The first-order chi connectivity index (χ1) is 14.8. The lowest BCUT2D eigenvalue weighted by atomic mass is 10.0. The number of carboxylic acid groups (broad SMARTS) is 2. The zero-order valence-electron chi connectivity index (χ0n) is 18.7. The van der Waals surface area contributed by atoms with Gasteiger partial charge in [-0.15, -0.1) is 0 Å². The summed E-state index contributed by atoms with van der Waals surface area (Å²) >= 11 is 1.38. The first-order valence-corrected chi connectivity index (χ1v) is 11.5. The Bertz CT molecular complexity index is 674. The number of aliphatic carboxylic acids is 2. The second-order valence-corrected chi connectivity index (χ2v) is 8.78. The number of aliphatic hydroxyl groups is 1. The van der Waals surface area contributed by atoms with E-state index in [1.165, 1.54) is 18.7 Å². The molecule has 3 amide bonds. The third-order valence-electron chi connectivity index (χ3n) is 4.40. The molecule has 0 aliphatic rings. The summed E-state index contributed by atoms with van der Waals surface area (Å²) in [7, 11) is 0. The summed E-state index contributed by atoms with van der Waals surface area (Å²) < 4.78 is 0. The Morgan fingerprint density at radius 3 is 1.81 bits per heavy atom. The van der Waals surface area contributed by atoms with Gasteiger partial charge in [0, 0.05) is 0 Å². The first kappa shape index (κ1) is 29.6. The van der Waals surface area contributed by atoms with Gasteiger partial charge in [0.05, 0.1) is 12.5 Å². The Morgan fingerprint density at radius 1 is 0.875 bits per heavy atom. The van der Waals surface area contributed by atoms with Crippen LogP contribution in [0.15, 0.2) is 0 Å². The van der Waals surface area contributed by atoms with Crippen molar-refractivity contribution in [3.8, 4) is 0 Å². The van der Waals surface area contributed by atoms with E-state index in [0.717, 1.165) is 0 Å². The molecule has 5 atom stereocenters. The molecule has 8 N–H and O–H groups in total. The number of aliphatic hydroxyl groups excluding tert-OH is 1. The van der Waals surface area contributed by atoms with Gasteiger partial charge in [0.15, 0.2) is 0 Å². The molecule has 0 radical (unpaired) electrons. The van der Waals surface area contributed by atoms with Gasteiger partial charge in [0.2, 0.25) is 17.7 Å². The number of hydrogen-bond donors (Lipinski definition) is 7. The van der Waals surface area contributed by atoms with Gasteiger partial charge in [0.1, 0.15) is 24.2 Å². The topological polar surface area (TPSA) is 208 Å². The van der Waals surface area contributed by atoms with Gasteiger partial charge in [-0.05, 0) is 37.7 Å². The van der Waals surface area contributed by atoms with Gasteiger partial charge >= 0.3 is 11.9 Å². The molecule has 0 bridgehead atoms. The smallest absolute Gasteiger partial charge is 0.326 e. The molecule has 5 unspecified atom stereocenters. The molecule has 0 heterocycles. The lowest BCUT2D eigenvalue weighted by molar-refractivity contribution is -0.143. The van der Waals surface area contributed by atoms with Gasteiger partial charge in [-0.1, -0.05) is 13.8 Å². The quantitative estimate of drug-likeness (QED) is 0.145. The van der Waals surface area contributed by atoms with Crippen LogP contribution in [0.2, 0.25) is 0 Å². The number of nitrogens with one attached hydrogen (secondary N) is 3. The summed E-state index contributed by atoms with van der Waals surface area (Å²) in [5.74, 6) is -4.88. The van der Waals surface area contributed by atoms with Crippen LogP contribution in [0.4, 0.5) is 0 Å². The van der Waals surface area contributed by atoms with Crippen molar-refractivity contribution in [1.82, 2.24) is 16.0 Å². The van der Waals surface area contributed by atoms with Crippen LogP contribution >= 0.6 is 11.8 Å². The van der Waals surface area contributed by atoms with Crippen molar-refractivity contribution in [2.75, 3.05) is 12.0 Å². The van der Waals surface area contributed by atoms with Crippen LogP contribution in [0, 0.1) is 5.92 Å². The Morgan fingerprint density at radius 2 is 1.38 bits per heavy atom. The van der Waals surface area contributed by atoms with Crippen molar-refractivity contribution in [1.29, 1.82) is 0 Å². The van der Waals surface area contributed by atoms with Gasteiger partial charge in [-0.3, -0.25) is 19.2 Å². The molecule has 0 aromatic carbocycles. The molecule has 0 aromatic rings. The Hall–Kier alpha value is -2.38. The van der Waals surface area contributed by atoms with E-state index in [4.69, 9.17) is 10.8 Å². The number of carbonyl (C=O) groups is 5. The van der Waals surface area contributed by atoms with Crippen LogP contribution in [-0.4, -0.2) is 87.3 Å². The Balaban J connectivity index is 5.49. The molecule has 13 heteroatoms. The Kier molecular flexibility index (Phi) is 13.5. The lowest BCUT2D eigenvalue weighted by Crippen LogP contribution is -2.58. The molecule has 0 aliphatic heterocycles. The normalized spacial score (nSPS) is 15.7. The first-order valence-electron chi connectivity index (χ1n) is 10.1. The summed E-state index contributed by atoms with van der Waals surface area (Å²) in [6.07, 6.45) is 0.0662. The summed E-state index contributed by atoms with van der Waals surface area (Å²) in [5, 5.41) is 34.8. The van der Waals surface area contributed by atoms with Crippen LogP contribution in [0.5, 0.6) is 0 Å². The molecule has 0 saturated heterocycles. The molecular formula is C19H34N4O8S. The van der Waals surface area contributed by atoms with E-state index in [2.05, 4.69) is 16.0 Å². The average molecular weight is 479 g/mol. The van der Waals surface area contributed by atoms with Gasteiger partial charge < -0.3 is 37.0 Å². The van der Waals surface area contributed by atoms with Crippen LogP contribution < -0.4 is 21.7 Å². The summed E-state index contributed by atoms with van der Waals surface area (Å²) in [4.78, 5) is 60.1. The lowest BCUT2D eigenvalue weighted by Gasteiger charge is -2.26. The number of carbonyl (C=O) groups excluding carboxylic acids is 3. The third-order valence-corrected chi connectivity index (χ3v) is 5.04. The highest BCUT2D eigenvalue weighted by Crippen LogP contribution is 2.08. The Labute approximate surface area is 191 Å². The molecule has 32 heavy (non-hydrogen) atoms. The van der Waals surface area contributed by atoms with Gasteiger partial charge in [0.25, 0.3) is 0 Å². The maximum absolute atomic E-state index is 12.8. The van der Waals surface area contributed by atoms with Crippen LogP contribution in [0.3, 0.4) is 0 Å². The van der Waals surface area contributed by atoms with E-state index in [0.29, 0.717) is 5.75 Å². The average Bonchev–Trinajstić information content (AvgIpc) is 2.67. The zero-order valence-corrected chi connectivity index (χ0v) is 19.5. The molecule has 0 spiro atoms. The number of thioether (sulfide) groups is 1. The summed E-state index contributed by atoms with van der Waals surface area (Å²) in [6.45, 7) is 4.88. The van der Waals surface area contributed by atoms with Gasteiger partial charge in [-0.25, -0.2) is 4.79 Å². The van der Waals surface area contributed by atoms with Crippen molar-refractivity contribution >= 4 is 41.4 Å². The molecule has 12 nitrogen and oxygen atoms in total. The number of rotatable bonds is 15. The van der Waals surface area contributed by atoms with Crippen LogP contribution in [-0.2, 0) is 24.0 Å². The second kappa shape index (κ2) is 14.6. The highest BCUT2D eigenvalue weighted by Gasteiger charge is 2.32. The maximum Gasteiger partial charge on any atom is 0.326 e. The molecule has 0 aliphatic carbocycles. The van der Waals surface area contributed by atoms with Crippen molar-refractivity contribution in [2.45, 2.75) is 70.3 Å². The van der Waals surface area contributed by atoms with Gasteiger partial charge in [-0.2, -0.15) is 11.8 Å². The van der Waals surface area contributed by atoms with E-state index >= 15 is 0 Å². The van der Waals surface area contributed by atoms with Crippen molar-refractivity contribution in [2.24, 2.45) is 11.7 Å². The zero-order chi connectivity index (χ0) is 25.0. The van der Waals surface area contributed by atoms with Crippen LogP contribution in [0.1, 0.15) is 40.0 Å². The minimum absolute atomic E-state index is 0.0662. The van der Waals surface area contributed by atoms with E-state index in [1.54, 1.807) is 20.1 Å². The van der Waals surface area contributed by atoms with E-state index < -0.39 is 66.4 Å². The molecule has 0 rings (SSSR count). The van der Waals surface area contributed by atoms with E-state index in [1.807, 2.05) is 0 Å². The monoisotopic (exact) mass is 478 g/mol. The molecule has 0 aromatic heterocycles. The minimum atomic E-state index is -1.56.